The van der Waals surface area contributed by atoms with Gasteiger partial charge in [-0.15, -0.1) is 0 Å². The molecule has 0 aliphatic carbocycles. The molecule has 0 aliphatic heterocycles. The van der Waals surface area contributed by atoms with Crippen LogP contribution in [0.3, 0.4) is 0 Å². The van der Waals surface area contributed by atoms with Crippen LogP contribution < -0.4 is 10.1 Å². The van der Waals surface area contributed by atoms with E-state index in [1.165, 1.54) is 31.4 Å². The molecule has 1 aromatic carbocycles. The van der Waals surface area contributed by atoms with E-state index in [4.69, 9.17) is 4.74 Å². The first-order valence-electron chi connectivity index (χ1n) is 6.31. The number of phenolic OH excluding ortho intramolecular Hbond substituents is 1. The third-order valence-electron chi connectivity index (χ3n) is 2.40. The first-order chi connectivity index (χ1) is 11.0. The van der Waals surface area contributed by atoms with Gasteiger partial charge >= 0.3 is 18.0 Å². The van der Waals surface area contributed by atoms with E-state index in [0.717, 1.165) is 12.3 Å². The number of hydrogen-bond acceptors (Lipinski definition) is 7. The number of nitrogens with one attached hydrogen (secondary N) is 1. The number of rotatable bonds is 6. The molecule has 23 heavy (non-hydrogen) atoms. The summed E-state index contributed by atoms with van der Waals surface area (Å²) in [5.74, 6) is -1.36. The third kappa shape index (κ3) is 6.34. The summed E-state index contributed by atoms with van der Waals surface area (Å²) in [7, 11) is 1.40. The minimum Gasteiger partial charge on any atom is -0.508 e. The maximum absolute atomic E-state index is 11.5. The SMILES string of the molecule is C=COC(=O)CNC(=O)OC(=O)C=Cc1ccc(O)cc1OC. The van der Waals surface area contributed by atoms with Crippen molar-refractivity contribution >= 4 is 24.1 Å². The van der Waals surface area contributed by atoms with Crippen LogP contribution in [0.2, 0.25) is 0 Å². The van der Waals surface area contributed by atoms with Crippen LogP contribution in [0.15, 0.2) is 37.1 Å². The number of carbonyl (C=O) groups excluding carboxylic acids is 3. The smallest absolute Gasteiger partial charge is 0.415 e. The standard InChI is InChI=1S/C15H15NO7/c1-3-22-14(19)9-16-15(20)23-13(18)7-5-10-4-6-11(17)8-12(10)21-2/h3-8,17H,1,9H2,2H3,(H,16,20). The Morgan fingerprint density at radius 1 is 1.35 bits per heavy atom. The molecule has 122 valence electrons. The highest BCUT2D eigenvalue weighted by Gasteiger charge is 2.10. The molecule has 0 fully saturated rings. The normalized spacial score (nSPS) is 9.96. The molecule has 0 saturated heterocycles. The Bertz CT molecular complexity index is 637. The number of carbonyl (C=O) groups is 3. The summed E-state index contributed by atoms with van der Waals surface area (Å²) < 4.78 is 13.8. The number of aromatic hydroxyl groups is 1. The second-order valence-corrected chi connectivity index (χ2v) is 3.98. The van der Waals surface area contributed by atoms with Crippen molar-refractivity contribution in [2.24, 2.45) is 0 Å². The third-order valence-corrected chi connectivity index (χ3v) is 2.40. The predicted molar refractivity (Wildman–Crippen MR) is 79.5 cm³/mol. The van der Waals surface area contributed by atoms with Crippen molar-refractivity contribution in [1.82, 2.24) is 5.32 Å². The molecule has 0 spiro atoms. The van der Waals surface area contributed by atoms with Crippen molar-refractivity contribution in [3.63, 3.8) is 0 Å². The maximum atomic E-state index is 11.5. The summed E-state index contributed by atoms with van der Waals surface area (Å²) in [6.45, 7) is 2.71. The summed E-state index contributed by atoms with van der Waals surface area (Å²) >= 11 is 0. The molecular formula is C15H15NO7. The molecule has 0 aromatic heterocycles. The van der Waals surface area contributed by atoms with Gasteiger partial charge in [0.05, 0.1) is 13.4 Å². The lowest BCUT2D eigenvalue weighted by Gasteiger charge is -2.05. The Balaban J connectivity index is 2.54. The van der Waals surface area contributed by atoms with Gasteiger partial charge in [-0.1, -0.05) is 6.58 Å². The summed E-state index contributed by atoms with van der Waals surface area (Å²) in [6, 6.07) is 4.29. The minimum absolute atomic E-state index is 0.00682. The van der Waals surface area contributed by atoms with E-state index in [2.05, 4.69) is 16.1 Å². The lowest BCUT2D eigenvalue weighted by molar-refractivity contribution is -0.137. The number of hydrogen-bond donors (Lipinski definition) is 2. The highest BCUT2D eigenvalue weighted by atomic mass is 16.6. The van der Waals surface area contributed by atoms with E-state index in [1.807, 2.05) is 5.32 Å². The summed E-state index contributed by atoms with van der Waals surface area (Å²) in [5.41, 5.74) is 0.497. The molecule has 0 saturated carbocycles. The number of esters is 2. The summed E-state index contributed by atoms with van der Waals surface area (Å²) in [4.78, 5) is 33.7. The van der Waals surface area contributed by atoms with Crippen LogP contribution in [0.25, 0.3) is 6.08 Å². The molecule has 1 aromatic rings. The van der Waals surface area contributed by atoms with Gasteiger partial charge in [0.25, 0.3) is 0 Å². The van der Waals surface area contributed by atoms with Gasteiger partial charge in [-0.3, -0.25) is 0 Å². The van der Waals surface area contributed by atoms with Crippen molar-refractivity contribution in [1.29, 1.82) is 0 Å². The molecule has 2 N–H and O–H groups in total. The maximum Gasteiger partial charge on any atom is 0.415 e. The van der Waals surface area contributed by atoms with Crippen LogP contribution in [0.5, 0.6) is 11.5 Å². The molecule has 0 radical (unpaired) electrons. The van der Waals surface area contributed by atoms with Crippen molar-refractivity contribution < 1.29 is 33.7 Å². The fraction of sp³-hybridized carbons (Fsp3) is 0.133. The molecule has 8 heteroatoms. The highest BCUT2D eigenvalue weighted by Crippen LogP contribution is 2.24. The first-order valence-corrected chi connectivity index (χ1v) is 6.31. The summed E-state index contributed by atoms with van der Waals surface area (Å²) in [5, 5.41) is 11.3. The average molecular weight is 321 g/mol. The molecule has 8 nitrogen and oxygen atoms in total. The van der Waals surface area contributed by atoms with E-state index in [0.29, 0.717) is 11.3 Å². The van der Waals surface area contributed by atoms with Crippen molar-refractivity contribution in [3.8, 4) is 11.5 Å². The van der Waals surface area contributed by atoms with Crippen molar-refractivity contribution in [2.45, 2.75) is 0 Å². The van der Waals surface area contributed by atoms with Gasteiger partial charge in [0, 0.05) is 17.7 Å². The number of methoxy groups -OCH3 is 1. The topological polar surface area (TPSA) is 111 Å². The molecule has 0 atom stereocenters. The zero-order valence-electron chi connectivity index (χ0n) is 12.3. The van der Waals surface area contributed by atoms with Crippen molar-refractivity contribution in [2.75, 3.05) is 13.7 Å². The van der Waals surface area contributed by atoms with E-state index < -0.39 is 24.6 Å². The van der Waals surface area contributed by atoms with Gasteiger partial charge in [-0.05, 0) is 18.2 Å². The largest absolute Gasteiger partial charge is 0.508 e. The van der Waals surface area contributed by atoms with Crippen LogP contribution in [-0.2, 0) is 19.1 Å². The van der Waals surface area contributed by atoms with E-state index in [-0.39, 0.29) is 5.75 Å². The second-order valence-electron chi connectivity index (χ2n) is 3.98. The van der Waals surface area contributed by atoms with Crippen LogP contribution in [0.4, 0.5) is 4.79 Å². The van der Waals surface area contributed by atoms with Crippen LogP contribution in [0.1, 0.15) is 5.56 Å². The van der Waals surface area contributed by atoms with Gasteiger partial charge in [-0.2, -0.15) is 0 Å². The number of benzene rings is 1. The fourth-order valence-corrected chi connectivity index (χ4v) is 1.44. The van der Waals surface area contributed by atoms with Crippen LogP contribution in [-0.4, -0.2) is 36.8 Å². The number of amides is 1. The van der Waals surface area contributed by atoms with Gasteiger partial charge in [0.15, 0.2) is 0 Å². The highest BCUT2D eigenvalue weighted by molar-refractivity contribution is 5.95. The molecule has 1 amide bonds. The average Bonchev–Trinajstić information content (AvgIpc) is 2.52. The van der Waals surface area contributed by atoms with E-state index >= 15 is 0 Å². The Labute approximate surface area is 132 Å². The molecule has 0 unspecified atom stereocenters. The Kier molecular flexibility index (Phi) is 6.86. The molecule has 1 rings (SSSR count). The zero-order valence-corrected chi connectivity index (χ0v) is 12.3. The first kappa shape index (κ1) is 17.8. The van der Waals surface area contributed by atoms with Gasteiger partial charge in [-0.25, -0.2) is 14.4 Å². The number of phenols is 1. The van der Waals surface area contributed by atoms with Gasteiger partial charge in [0.2, 0.25) is 0 Å². The zero-order chi connectivity index (χ0) is 17.2. The Morgan fingerprint density at radius 2 is 2.09 bits per heavy atom. The Morgan fingerprint density at radius 3 is 2.74 bits per heavy atom. The van der Waals surface area contributed by atoms with Crippen LogP contribution in [0, 0.1) is 0 Å². The molecule has 0 bridgehead atoms. The second kappa shape index (κ2) is 8.88. The summed E-state index contributed by atoms with van der Waals surface area (Å²) in [6.07, 6.45) is 2.16. The lowest BCUT2D eigenvalue weighted by atomic mass is 10.2. The number of alkyl carbamates (subject to hydrolysis) is 1. The van der Waals surface area contributed by atoms with Crippen molar-refractivity contribution in [3.05, 3.63) is 42.7 Å². The minimum atomic E-state index is -1.10. The predicted octanol–water partition coefficient (Wildman–Crippen LogP) is 1.35. The number of ether oxygens (including phenoxy) is 3. The fourth-order valence-electron chi connectivity index (χ4n) is 1.44. The Hall–Kier alpha value is -3.29. The lowest BCUT2D eigenvalue weighted by Crippen LogP contribution is -2.31. The molecule has 0 aliphatic rings. The van der Waals surface area contributed by atoms with Crippen LogP contribution >= 0.6 is 0 Å². The van der Waals surface area contributed by atoms with E-state index in [1.54, 1.807) is 0 Å². The monoisotopic (exact) mass is 321 g/mol. The van der Waals surface area contributed by atoms with Gasteiger partial charge in [0.1, 0.15) is 18.0 Å². The molecule has 0 heterocycles. The molecular weight excluding hydrogens is 306 g/mol. The van der Waals surface area contributed by atoms with E-state index in [9.17, 15) is 19.5 Å². The quantitative estimate of drug-likeness (QED) is 0.352. The van der Waals surface area contributed by atoms with Gasteiger partial charge < -0.3 is 24.6 Å².